The molecular formula is C18H21N3O4S. The second kappa shape index (κ2) is 7.05. The topological polar surface area (TPSA) is 83.8 Å². The number of piperazine rings is 1. The fourth-order valence-corrected chi connectivity index (χ4v) is 4.91. The van der Waals surface area contributed by atoms with Gasteiger partial charge in [-0.25, -0.2) is 8.42 Å². The number of aryl methyl sites for hydroxylation is 2. The zero-order chi connectivity index (χ0) is 18.9. The molecule has 26 heavy (non-hydrogen) atoms. The zero-order valence-corrected chi connectivity index (χ0v) is 15.6. The number of nitro benzene ring substituents is 1. The molecule has 2 aromatic rings. The molecule has 0 bridgehead atoms. The zero-order valence-electron chi connectivity index (χ0n) is 14.8. The van der Waals surface area contributed by atoms with Gasteiger partial charge < -0.3 is 4.90 Å². The number of hydrogen-bond acceptors (Lipinski definition) is 5. The van der Waals surface area contributed by atoms with Crippen molar-refractivity contribution in [2.75, 3.05) is 31.1 Å². The summed E-state index contributed by atoms with van der Waals surface area (Å²) in [5.74, 6) is 0. The lowest BCUT2D eigenvalue weighted by atomic mass is 10.2. The van der Waals surface area contributed by atoms with Crippen molar-refractivity contribution < 1.29 is 13.3 Å². The number of para-hydroxylation sites is 2. The van der Waals surface area contributed by atoms with Crippen LogP contribution in [0.5, 0.6) is 0 Å². The molecule has 1 aliphatic rings. The van der Waals surface area contributed by atoms with Gasteiger partial charge in [0.25, 0.3) is 5.69 Å². The van der Waals surface area contributed by atoms with E-state index in [1.165, 1.54) is 10.4 Å². The van der Waals surface area contributed by atoms with E-state index >= 15 is 0 Å². The van der Waals surface area contributed by atoms with E-state index in [0.29, 0.717) is 36.8 Å². The van der Waals surface area contributed by atoms with Crippen LogP contribution in [0.4, 0.5) is 11.4 Å². The third kappa shape index (κ3) is 3.42. The Balaban J connectivity index is 1.81. The predicted molar refractivity (Wildman–Crippen MR) is 100.0 cm³/mol. The molecule has 0 aliphatic carbocycles. The highest BCUT2D eigenvalue weighted by atomic mass is 32.2. The number of hydrogen-bond donors (Lipinski definition) is 0. The van der Waals surface area contributed by atoms with Crippen LogP contribution in [0.1, 0.15) is 11.1 Å². The minimum atomic E-state index is -3.57. The highest BCUT2D eigenvalue weighted by Crippen LogP contribution is 2.29. The summed E-state index contributed by atoms with van der Waals surface area (Å²) in [4.78, 5) is 13.0. The number of benzene rings is 2. The molecule has 1 heterocycles. The average Bonchev–Trinajstić information content (AvgIpc) is 2.63. The van der Waals surface area contributed by atoms with Crippen molar-refractivity contribution >= 4 is 21.4 Å². The van der Waals surface area contributed by atoms with Gasteiger partial charge in [-0.1, -0.05) is 24.3 Å². The van der Waals surface area contributed by atoms with Crippen molar-refractivity contribution in [3.8, 4) is 0 Å². The molecule has 0 aromatic heterocycles. The number of sulfonamides is 1. The minimum Gasteiger partial charge on any atom is -0.363 e. The molecule has 0 amide bonds. The maximum Gasteiger partial charge on any atom is 0.292 e. The van der Waals surface area contributed by atoms with E-state index in [9.17, 15) is 18.5 Å². The van der Waals surface area contributed by atoms with E-state index in [-0.39, 0.29) is 5.69 Å². The Labute approximate surface area is 153 Å². The maximum absolute atomic E-state index is 13.0. The molecule has 0 spiro atoms. The molecule has 1 saturated heterocycles. The van der Waals surface area contributed by atoms with Gasteiger partial charge in [0, 0.05) is 32.2 Å². The standard InChI is InChI=1S/C18H21N3O4S/c1-14-7-8-15(2)18(13-14)26(24,25)20-11-9-19(10-12-20)16-5-3-4-6-17(16)21(22)23/h3-8,13H,9-12H2,1-2H3. The highest BCUT2D eigenvalue weighted by molar-refractivity contribution is 7.89. The molecule has 2 aromatic carbocycles. The summed E-state index contributed by atoms with van der Waals surface area (Å²) in [5.41, 5.74) is 2.18. The quantitative estimate of drug-likeness (QED) is 0.606. The van der Waals surface area contributed by atoms with E-state index in [0.717, 1.165) is 11.1 Å². The normalized spacial score (nSPS) is 15.8. The van der Waals surface area contributed by atoms with Crippen LogP contribution in [-0.2, 0) is 10.0 Å². The van der Waals surface area contributed by atoms with Gasteiger partial charge in [-0.05, 0) is 37.1 Å². The van der Waals surface area contributed by atoms with Crippen molar-refractivity contribution in [3.05, 3.63) is 63.7 Å². The van der Waals surface area contributed by atoms with Gasteiger partial charge in [-0.3, -0.25) is 10.1 Å². The Morgan fingerprint density at radius 2 is 1.65 bits per heavy atom. The van der Waals surface area contributed by atoms with Crippen LogP contribution in [0.2, 0.25) is 0 Å². The second-order valence-corrected chi connectivity index (χ2v) is 8.31. The summed E-state index contributed by atoms with van der Waals surface area (Å²) >= 11 is 0. The van der Waals surface area contributed by atoms with E-state index < -0.39 is 14.9 Å². The fourth-order valence-electron chi connectivity index (χ4n) is 3.18. The van der Waals surface area contributed by atoms with Gasteiger partial charge in [0.05, 0.1) is 9.82 Å². The molecule has 0 radical (unpaired) electrons. The van der Waals surface area contributed by atoms with Crippen LogP contribution in [-0.4, -0.2) is 43.8 Å². The largest absolute Gasteiger partial charge is 0.363 e. The van der Waals surface area contributed by atoms with Crippen molar-refractivity contribution in [1.82, 2.24) is 4.31 Å². The van der Waals surface area contributed by atoms with Gasteiger partial charge in [-0.2, -0.15) is 4.31 Å². The smallest absolute Gasteiger partial charge is 0.292 e. The van der Waals surface area contributed by atoms with Gasteiger partial charge in [0.15, 0.2) is 0 Å². The van der Waals surface area contributed by atoms with Crippen LogP contribution in [0.3, 0.4) is 0 Å². The van der Waals surface area contributed by atoms with Crippen LogP contribution in [0.25, 0.3) is 0 Å². The molecule has 1 fully saturated rings. The van der Waals surface area contributed by atoms with Gasteiger partial charge >= 0.3 is 0 Å². The molecule has 0 N–H and O–H groups in total. The Morgan fingerprint density at radius 1 is 1.00 bits per heavy atom. The maximum atomic E-state index is 13.0. The third-order valence-electron chi connectivity index (χ3n) is 4.62. The second-order valence-electron chi connectivity index (χ2n) is 6.41. The molecule has 0 saturated carbocycles. The van der Waals surface area contributed by atoms with E-state index in [1.807, 2.05) is 24.0 Å². The molecule has 0 atom stereocenters. The Kier molecular flexibility index (Phi) is 4.97. The molecule has 138 valence electrons. The van der Waals surface area contributed by atoms with Gasteiger partial charge in [-0.15, -0.1) is 0 Å². The first kappa shape index (κ1) is 18.3. The molecule has 1 aliphatic heterocycles. The number of rotatable bonds is 4. The summed E-state index contributed by atoms with van der Waals surface area (Å²) < 4.78 is 27.4. The first-order valence-electron chi connectivity index (χ1n) is 8.36. The molecule has 7 nitrogen and oxygen atoms in total. The number of nitro groups is 1. The van der Waals surface area contributed by atoms with E-state index in [2.05, 4.69) is 0 Å². The summed E-state index contributed by atoms with van der Waals surface area (Å²) in [6, 6.07) is 11.9. The monoisotopic (exact) mass is 375 g/mol. The molecule has 3 rings (SSSR count). The Bertz CT molecular complexity index is 935. The summed E-state index contributed by atoms with van der Waals surface area (Å²) in [6.45, 7) is 5.06. The third-order valence-corrected chi connectivity index (χ3v) is 6.66. The molecular weight excluding hydrogens is 354 g/mol. The van der Waals surface area contributed by atoms with E-state index in [4.69, 9.17) is 0 Å². The fraction of sp³-hybridized carbons (Fsp3) is 0.333. The Morgan fingerprint density at radius 3 is 2.31 bits per heavy atom. The van der Waals surface area contributed by atoms with Crippen molar-refractivity contribution in [3.63, 3.8) is 0 Å². The molecule has 8 heteroatoms. The number of nitrogens with zero attached hydrogens (tertiary/aromatic N) is 3. The minimum absolute atomic E-state index is 0.0401. The molecule has 0 unspecified atom stereocenters. The lowest BCUT2D eigenvalue weighted by Crippen LogP contribution is -2.48. The lowest BCUT2D eigenvalue weighted by molar-refractivity contribution is -0.384. The first-order chi connectivity index (χ1) is 12.3. The average molecular weight is 375 g/mol. The number of anilines is 1. The Hall–Kier alpha value is -2.45. The van der Waals surface area contributed by atoms with Crippen LogP contribution >= 0.6 is 0 Å². The summed E-state index contributed by atoms with van der Waals surface area (Å²) in [5, 5.41) is 11.2. The summed E-state index contributed by atoms with van der Waals surface area (Å²) in [7, 11) is -3.57. The van der Waals surface area contributed by atoms with E-state index in [1.54, 1.807) is 31.2 Å². The first-order valence-corrected chi connectivity index (χ1v) is 9.80. The lowest BCUT2D eigenvalue weighted by Gasteiger charge is -2.35. The van der Waals surface area contributed by atoms with Gasteiger partial charge in [0.1, 0.15) is 5.69 Å². The SMILES string of the molecule is Cc1ccc(C)c(S(=O)(=O)N2CCN(c3ccccc3[N+](=O)[O-])CC2)c1. The van der Waals surface area contributed by atoms with Crippen molar-refractivity contribution in [2.24, 2.45) is 0 Å². The highest BCUT2D eigenvalue weighted by Gasteiger charge is 2.31. The predicted octanol–water partition coefficient (Wildman–Crippen LogP) is 2.72. The van der Waals surface area contributed by atoms with Crippen LogP contribution in [0, 0.1) is 24.0 Å². The van der Waals surface area contributed by atoms with Crippen molar-refractivity contribution in [1.29, 1.82) is 0 Å². The van der Waals surface area contributed by atoms with Crippen molar-refractivity contribution in [2.45, 2.75) is 18.7 Å². The van der Waals surface area contributed by atoms with Crippen LogP contribution < -0.4 is 4.90 Å². The summed E-state index contributed by atoms with van der Waals surface area (Å²) in [6.07, 6.45) is 0. The van der Waals surface area contributed by atoms with Gasteiger partial charge in [0.2, 0.25) is 10.0 Å². The van der Waals surface area contributed by atoms with Crippen LogP contribution in [0.15, 0.2) is 47.4 Å².